The summed E-state index contributed by atoms with van der Waals surface area (Å²) in [7, 11) is 3.51. The standard InChI is InChI=1S/C12H19N3O2/c1-14-8-7-13-10(11(14)16)15(2)9-12(17)5-3-4-6-12/h7-8,17H,3-6,9H2,1-2H3. The summed E-state index contributed by atoms with van der Waals surface area (Å²) in [6.07, 6.45) is 6.97. The van der Waals surface area contributed by atoms with E-state index in [4.69, 9.17) is 0 Å². The third-order valence-corrected chi connectivity index (χ3v) is 3.43. The van der Waals surface area contributed by atoms with Gasteiger partial charge in [-0.15, -0.1) is 0 Å². The summed E-state index contributed by atoms with van der Waals surface area (Å²) < 4.78 is 1.50. The first-order valence-corrected chi connectivity index (χ1v) is 5.97. The lowest BCUT2D eigenvalue weighted by molar-refractivity contribution is 0.0557. The summed E-state index contributed by atoms with van der Waals surface area (Å²) in [4.78, 5) is 17.7. The molecule has 1 aliphatic rings. The van der Waals surface area contributed by atoms with Gasteiger partial charge in [0.25, 0.3) is 5.56 Å². The lowest BCUT2D eigenvalue weighted by Gasteiger charge is -2.28. The second kappa shape index (κ2) is 4.49. The average Bonchev–Trinajstić information content (AvgIpc) is 2.68. The average molecular weight is 237 g/mol. The topological polar surface area (TPSA) is 58.4 Å². The highest BCUT2D eigenvalue weighted by molar-refractivity contribution is 5.35. The molecular weight excluding hydrogens is 218 g/mol. The zero-order chi connectivity index (χ0) is 12.5. The van der Waals surface area contributed by atoms with E-state index in [-0.39, 0.29) is 5.56 Å². The van der Waals surface area contributed by atoms with E-state index in [9.17, 15) is 9.90 Å². The van der Waals surface area contributed by atoms with Gasteiger partial charge in [-0.2, -0.15) is 0 Å². The van der Waals surface area contributed by atoms with Crippen molar-refractivity contribution >= 4 is 5.82 Å². The Kier molecular flexibility index (Phi) is 3.19. The maximum absolute atomic E-state index is 11.9. The first-order chi connectivity index (χ1) is 8.02. The van der Waals surface area contributed by atoms with Crippen LogP contribution in [0.25, 0.3) is 0 Å². The van der Waals surface area contributed by atoms with Crippen molar-refractivity contribution in [1.82, 2.24) is 9.55 Å². The Hall–Kier alpha value is -1.36. The molecule has 1 aromatic heterocycles. The van der Waals surface area contributed by atoms with Gasteiger partial charge in [-0.25, -0.2) is 4.98 Å². The predicted octanol–water partition coefficient (Wildman–Crippen LogP) is 0.522. The lowest BCUT2D eigenvalue weighted by atomic mass is 10.0. The highest BCUT2D eigenvalue weighted by Crippen LogP contribution is 2.30. The van der Waals surface area contributed by atoms with Gasteiger partial charge in [0.05, 0.1) is 5.60 Å². The van der Waals surface area contributed by atoms with E-state index < -0.39 is 5.60 Å². The van der Waals surface area contributed by atoms with Crippen molar-refractivity contribution in [2.75, 3.05) is 18.5 Å². The molecule has 94 valence electrons. The molecule has 0 unspecified atom stereocenters. The van der Waals surface area contributed by atoms with Crippen LogP contribution in [0.2, 0.25) is 0 Å². The fraction of sp³-hybridized carbons (Fsp3) is 0.667. The van der Waals surface area contributed by atoms with Gasteiger partial charge in [-0.1, -0.05) is 12.8 Å². The van der Waals surface area contributed by atoms with Crippen LogP contribution < -0.4 is 10.5 Å². The van der Waals surface area contributed by atoms with Crippen molar-refractivity contribution in [2.24, 2.45) is 7.05 Å². The van der Waals surface area contributed by atoms with Crippen LogP contribution in [0.4, 0.5) is 5.82 Å². The molecule has 5 nitrogen and oxygen atoms in total. The second-order valence-corrected chi connectivity index (χ2v) is 4.95. The normalized spacial score (nSPS) is 18.3. The minimum atomic E-state index is -0.655. The number of hydrogen-bond donors (Lipinski definition) is 1. The van der Waals surface area contributed by atoms with Gasteiger partial charge in [0.1, 0.15) is 0 Å². The van der Waals surface area contributed by atoms with Crippen LogP contribution in [0, 0.1) is 0 Å². The zero-order valence-corrected chi connectivity index (χ0v) is 10.4. The monoisotopic (exact) mass is 237 g/mol. The largest absolute Gasteiger partial charge is 0.388 e. The Morgan fingerprint density at radius 1 is 1.53 bits per heavy atom. The van der Waals surface area contributed by atoms with E-state index >= 15 is 0 Å². The molecule has 0 aliphatic heterocycles. The quantitative estimate of drug-likeness (QED) is 0.832. The summed E-state index contributed by atoms with van der Waals surface area (Å²) in [6, 6.07) is 0. The Morgan fingerprint density at radius 2 is 2.18 bits per heavy atom. The minimum Gasteiger partial charge on any atom is -0.388 e. The number of likely N-dealkylation sites (N-methyl/N-ethyl adjacent to an activating group) is 1. The number of rotatable bonds is 3. The van der Waals surface area contributed by atoms with Crippen molar-refractivity contribution in [2.45, 2.75) is 31.3 Å². The number of aryl methyl sites for hydroxylation is 1. The van der Waals surface area contributed by atoms with Crippen LogP contribution in [0.5, 0.6) is 0 Å². The molecule has 17 heavy (non-hydrogen) atoms. The summed E-state index contributed by atoms with van der Waals surface area (Å²) in [5, 5.41) is 10.3. The van der Waals surface area contributed by atoms with Gasteiger partial charge in [0, 0.05) is 33.0 Å². The molecule has 1 fully saturated rings. The van der Waals surface area contributed by atoms with Crippen LogP contribution in [-0.4, -0.2) is 33.9 Å². The van der Waals surface area contributed by atoms with Crippen molar-refractivity contribution in [3.05, 3.63) is 22.7 Å². The molecule has 1 aliphatic carbocycles. The first-order valence-electron chi connectivity index (χ1n) is 5.97. The first kappa shape index (κ1) is 12.1. The molecule has 0 radical (unpaired) electrons. The van der Waals surface area contributed by atoms with Gasteiger partial charge < -0.3 is 14.6 Å². The molecule has 0 atom stereocenters. The number of anilines is 1. The van der Waals surface area contributed by atoms with E-state index in [2.05, 4.69) is 4.98 Å². The molecule has 1 N–H and O–H groups in total. The van der Waals surface area contributed by atoms with E-state index in [1.54, 1.807) is 31.4 Å². The highest BCUT2D eigenvalue weighted by atomic mass is 16.3. The second-order valence-electron chi connectivity index (χ2n) is 4.95. The van der Waals surface area contributed by atoms with Crippen molar-refractivity contribution in [3.8, 4) is 0 Å². The minimum absolute atomic E-state index is 0.128. The summed E-state index contributed by atoms with van der Waals surface area (Å²) >= 11 is 0. The summed E-state index contributed by atoms with van der Waals surface area (Å²) in [5.74, 6) is 0.398. The van der Waals surface area contributed by atoms with Crippen LogP contribution >= 0.6 is 0 Å². The molecule has 1 aromatic rings. The number of nitrogens with zero attached hydrogens (tertiary/aromatic N) is 3. The predicted molar refractivity (Wildman–Crippen MR) is 66.2 cm³/mol. The molecule has 1 saturated carbocycles. The third kappa shape index (κ3) is 2.49. The molecule has 5 heteroatoms. The lowest BCUT2D eigenvalue weighted by Crippen LogP contribution is -2.42. The molecule has 0 spiro atoms. The van der Waals surface area contributed by atoms with Gasteiger partial charge in [0.2, 0.25) is 0 Å². The molecule has 0 amide bonds. The molecular formula is C12H19N3O2. The number of aromatic nitrogens is 2. The number of hydrogen-bond acceptors (Lipinski definition) is 4. The molecule has 1 heterocycles. The zero-order valence-electron chi connectivity index (χ0n) is 10.4. The Labute approximate surface area is 101 Å². The fourth-order valence-electron chi connectivity index (χ4n) is 2.45. The fourth-order valence-corrected chi connectivity index (χ4v) is 2.45. The maximum Gasteiger partial charge on any atom is 0.293 e. The van der Waals surface area contributed by atoms with E-state index in [0.29, 0.717) is 12.4 Å². The van der Waals surface area contributed by atoms with E-state index in [1.807, 2.05) is 0 Å². The van der Waals surface area contributed by atoms with Crippen molar-refractivity contribution < 1.29 is 5.11 Å². The summed E-state index contributed by atoms with van der Waals surface area (Å²) in [6.45, 7) is 0.471. The molecule has 0 saturated heterocycles. The van der Waals surface area contributed by atoms with Gasteiger partial charge in [0.15, 0.2) is 5.82 Å². The molecule has 2 rings (SSSR count). The maximum atomic E-state index is 11.9. The Balaban J connectivity index is 2.17. The SMILES string of the molecule is CN(CC1(O)CCCC1)c1nccn(C)c1=O. The van der Waals surface area contributed by atoms with Gasteiger partial charge >= 0.3 is 0 Å². The molecule has 0 aromatic carbocycles. The van der Waals surface area contributed by atoms with E-state index in [1.165, 1.54) is 4.57 Å². The van der Waals surface area contributed by atoms with Gasteiger partial charge in [-0.3, -0.25) is 4.79 Å². The van der Waals surface area contributed by atoms with Crippen molar-refractivity contribution in [3.63, 3.8) is 0 Å². The van der Waals surface area contributed by atoms with Crippen LogP contribution in [-0.2, 0) is 7.05 Å². The molecule has 0 bridgehead atoms. The van der Waals surface area contributed by atoms with Crippen LogP contribution in [0.1, 0.15) is 25.7 Å². The Bertz CT molecular complexity index is 449. The van der Waals surface area contributed by atoms with Crippen LogP contribution in [0.3, 0.4) is 0 Å². The van der Waals surface area contributed by atoms with Crippen LogP contribution in [0.15, 0.2) is 17.2 Å². The number of aliphatic hydroxyl groups is 1. The smallest absolute Gasteiger partial charge is 0.293 e. The third-order valence-electron chi connectivity index (χ3n) is 3.43. The highest BCUT2D eigenvalue weighted by Gasteiger charge is 2.33. The summed E-state index contributed by atoms with van der Waals surface area (Å²) in [5.41, 5.74) is -0.784. The van der Waals surface area contributed by atoms with Crippen molar-refractivity contribution in [1.29, 1.82) is 0 Å². The van der Waals surface area contributed by atoms with E-state index in [0.717, 1.165) is 25.7 Å². The van der Waals surface area contributed by atoms with Gasteiger partial charge in [-0.05, 0) is 12.8 Å². The Morgan fingerprint density at radius 3 is 2.82 bits per heavy atom.